The minimum absolute atomic E-state index is 0.0318. The van der Waals surface area contributed by atoms with E-state index in [4.69, 9.17) is 9.84 Å². The average Bonchev–Trinajstić information content (AvgIpc) is 2.99. The lowest BCUT2D eigenvalue weighted by atomic mass is 9.89. The van der Waals surface area contributed by atoms with Crippen molar-refractivity contribution in [2.75, 3.05) is 31.6 Å². The summed E-state index contributed by atoms with van der Waals surface area (Å²) in [5, 5.41) is 14.6. The number of carbonyl (C=O) groups is 2. The van der Waals surface area contributed by atoms with Gasteiger partial charge in [0, 0.05) is 43.2 Å². The summed E-state index contributed by atoms with van der Waals surface area (Å²) in [7, 11) is 0. The van der Waals surface area contributed by atoms with Gasteiger partial charge in [-0.05, 0) is 42.2 Å². The Kier molecular flexibility index (Phi) is 11.3. The van der Waals surface area contributed by atoms with E-state index in [9.17, 15) is 44.7 Å². The number of morpholine rings is 1. The number of nitrogens with one attached hydrogen (secondary N) is 2. The summed E-state index contributed by atoms with van der Waals surface area (Å²) in [6.45, 7) is -2.05. The van der Waals surface area contributed by atoms with Crippen molar-refractivity contribution in [3.05, 3.63) is 89.0 Å². The van der Waals surface area contributed by atoms with Gasteiger partial charge in [-0.15, -0.1) is 0 Å². The molecule has 0 aliphatic carbocycles. The second kappa shape index (κ2) is 15.0. The van der Waals surface area contributed by atoms with Gasteiger partial charge in [0.2, 0.25) is 5.91 Å². The Morgan fingerprint density at radius 1 is 1.02 bits per heavy atom. The molecule has 47 heavy (non-hydrogen) atoms. The normalized spacial score (nSPS) is 17.6. The highest BCUT2D eigenvalue weighted by atomic mass is 19.4. The van der Waals surface area contributed by atoms with E-state index in [1.807, 2.05) is 0 Å². The molecule has 0 radical (unpaired) electrons. The third-order valence-electron chi connectivity index (χ3n) is 7.39. The Labute approximate surface area is 263 Å². The fraction of sp³-hybridized carbons (Fsp3) is 0.400. The molecule has 3 atom stereocenters. The maximum atomic E-state index is 14.9. The van der Waals surface area contributed by atoms with Crippen LogP contribution in [0.25, 0.3) is 0 Å². The molecule has 1 aliphatic heterocycles. The lowest BCUT2D eigenvalue weighted by molar-refractivity contribution is -0.143. The van der Waals surface area contributed by atoms with Gasteiger partial charge >= 0.3 is 18.4 Å². The number of ether oxygens (including phenoxy) is 1. The monoisotopic (exact) mass is 675 g/mol. The van der Waals surface area contributed by atoms with Crippen molar-refractivity contribution in [3.63, 3.8) is 0 Å². The number of alkyl halides is 6. The van der Waals surface area contributed by atoms with Crippen molar-refractivity contribution in [1.29, 1.82) is 0 Å². The molecule has 2 aromatic heterocycles. The third kappa shape index (κ3) is 10.3. The molecular weight excluding hydrogens is 646 g/mol. The smallest absolute Gasteiger partial charge is 0.433 e. The van der Waals surface area contributed by atoms with Crippen LogP contribution in [0.2, 0.25) is 0 Å². The van der Waals surface area contributed by atoms with E-state index >= 15 is 0 Å². The number of rotatable bonds is 11. The molecule has 3 N–H and O–H groups in total. The third-order valence-corrected chi connectivity index (χ3v) is 7.39. The molecule has 2 amide bonds. The van der Waals surface area contributed by atoms with Gasteiger partial charge in [-0.1, -0.05) is 18.2 Å². The first-order valence-electron chi connectivity index (χ1n) is 14.2. The lowest BCUT2D eigenvalue weighted by Gasteiger charge is -2.33. The number of halogens is 8. The number of benzene rings is 1. The molecular formula is C30H29F8N5O4. The molecule has 1 aliphatic rings. The van der Waals surface area contributed by atoms with Crippen LogP contribution >= 0.6 is 0 Å². The van der Waals surface area contributed by atoms with Crippen molar-refractivity contribution in [3.8, 4) is 0 Å². The molecule has 17 heteroatoms. The molecule has 9 nitrogen and oxygen atoms in total. The zero-order valence-corrected chi connectivity index (χ0v) is 24.4. The SMILES string of the molecule is O=C(C[C@@H](c1ccc(F)cc1)c1ccc(C(F)(F)F)nc1)Nc1cncc(F)c1CC[C@@H]1CN[C@@H](CN(CC(F)(F)F)C(=O)O)CO1. The van der Waals surface area contributed by atoms with Crippen LogP contribution in [0.5, 0.6) is 0 Å². The first-order chi connectivity index (χ1) is 22.1. The fourth-order valence-corrected chi connectivity index (χ4v) is 5.08. The average molecular weight is 676 g/mol. The molecule has 254 valence electrons. The number of aromatic nitrogens is 2. The highest BCUT2D eigenvalue weighted by Crippen LogP contribution is 2.32. The van der Waals surface area contributed by atoms with Gasteiger partial charge in [0.15, 0.2) is 0 Å². The summed E-state index contributed by atoms with van der Waals surface area (Å²) in [6, 6.07) is 6.30. The summed E-state index contributed by atoms with van der Waals surface area (Å²) in [4.78, 5) is 31.9. The number of carboxylic acid groups (broad SMARTS) is 1. The van der Waals surface area contributed by atoms with E-state index in [1.54, 1.807) is 0 Å². The minimum atomic E-state index is -4.71. The van der Waals surface area contributed by atoms with Gasteiger partial charge < -0.3 is 20.5 Å². The molecule has 1 saturated heterocycles. The Balaban J connectivity index is 1.40. The van der Waals surface area contributed by atoms with Crippen molar-refractivity contribution in [2.45, 2.75) is 49.7 Å². The van der Waals surface area contributed by atoms with Gasteiger partial charge in [0.05, 0.1) is 30.8 Å². The molecule has 3 aromatic rings. The lowest BCUT2D eigenvalue weighted by Crippen LogP contribution is -2.53. The topological polar surface area (TPSA) is 117 Å². The number of hydrogen-bond donors (Lipinski definition) is 3. The molecule has 3 heterocycles. The number of amides is 2. The van der Waals surface area contributed by atoms with Gasteiger partial charge in [-0.2, -0.15) is 26.3 Å². The standard InChI is InChI=1S/C30H29F8N5O4/c31-19-4-1-17(2-5-19)23(18-3-8-26(41-10-18)30(36,37)38)9-27(44)42-25-13-39-12-24(32)22(25)7-6-21-11-40-20(15-47-21)14-43(28(45)46)16-29(33,34)35/h1-5,8,10,12-13,20-21,23,40H,6-7,9,11,14-16H2,(H,42,44)(H,45,46)/t20-,21+,23-/m0/s1. The van der Waals surface area contributed by atoms with E-state index in [-0.39, 0.29) is 54.1 Å². The predicted octanol–water partition coefficient (Wildman–Crippen LogP) is 5.77. The molecule has 0 saturated carbocycles. The van der Waals surface area contributed by atoms with Crippen LogP contribution in [0.3, 0.4) is 0 Å². The Hall–Kier alpha value is -4.38. The highest BCUT2D eigenvalue weighted by molar-refractivity contribution is 5.92. The zero-order valence-electron chi connectivity index (χ0n) is 24.4. The number of nitrogens with zero attached hydrogens (tertiary/aromatic N) is 3. The van der Waals surface area contributed by atoms with Gasteiger partial charge in [0.1, 0.15) is 23.9 Å². The molecule has 4 rings (SSSR count). The van der Waals surface area contributed by atoms with E-state index in [0.717, 1.165) is 30.6 Å². The van der Waals surface area contributed by atoms with Crippen molar-refractivity contribution >= 4 is 17.7 Å². The largest absolute Gasteiger partial charge is 0.465 e. The van der Waals surface area contributed by atoms with Crippen LogP contribution in [0.1, 0.15) is 41.1 Å². The van der Waals surface area contributed by atoms with Gasteiger partial charge in [-0.3, -0.25) is 19.7 Å². The van der Waals surface area contributed by atoms with E-state index < -0.39 is 72.8 Å². The Morgan fingerprint density at radius 3 is 2.30 bits per heavy atom. The minimum Gasteiger partial charge on any atom is -0.465 e. The summed E-state index contributed by atoms with van der Waals surface area (Å²) >= 11 is 0. The Bertz CT molecular complexity index is 1510. The molecule has 0 bridgehead atoms. The van der Waals surface area contributed by atoms with E-state index in [1.165, 1.54) is 24.4 Å². The predicted molar refractivity (Wildman–Crippen MR) is 150 cm³/mol. The number of pyridine rings is 2. The van der Waals surface area contributed by atoms with Crippen LogP contribution in [0.15, 0.2) is 55.0 Å². The Morgan fingerprint density at radius 2 is 1.72 bits per heavy atom. The summed E-state index contributed by atoms with van der Waals surface area (Å²) in [6.07, 6.45) is -8.56. The van der Waals surface area contributed by atoms with Crippen LogP contribution in [-0.2, 0) is 22.1 Å². The van der Waals surface area contributed by atoms with Gasteiger partial charge in [0.25, 0.3) is 0 Å². The van der Waals surface area contributed by atoms with Crippen LogP contribution in [0.4, 0.5) is 45.6 Å². The summed E-state index contributed by atoms with van der Waals surface area (Å²) in [5.74, 6) is -2.78. The maximum absolute atomic E-state index is 14.9. The van der Waals surface area contributed by atoms with Crippen LogP contribution in [-0.4, -0.2) is 76.5 Å². The van der Waals surface area contributed by atoms with Crippen LogP contribution < -0.4 is 10.6 Å². The van der Waals surface area contributed by atoms with Crippen molar-refractivity contribution < 1.29 is 54.6 Å². The number of anilines is 1. The second-order valence-electron chi connectivity index (χ2n) is 10.9. The molecule has 0 spiro atoms. The van der Waals surface area contributed by atoms with E-state index in [2.05, 4.69) is 20.6 Å². The zero-order chi connectivity index (χ0) is 34.4. The first kappa shape index (κ1) is 35.5. The summed E-state index contributed by atoms with van der Waals surface area (Å²) in [5.41, 5.74) is -0.344. The first-order valence-corrected chi connectivity index (χ1v) is 14.2. The van der Waals surface area contributed by atoms with Crippen molar-refractivity contribution in [2.24, 2.45) is 0 Å². The van der Waals surface area contributed by atoms with Crippen LogP contribution in [0, 0.1) is 11.6 Å². The molecule has 0 unspecified atom stereocenters. The number of carbonyl (C=O) groups excluding carboxylic acids is 1. The molecule has 1 aromatic carbocycles. The van der Waals surface area contributed by atoms with Gasteiger partial charge in [-0.25, -0.2) is 13.6 Å². The van der Waals surface area contributed by atoms with Crippen molar-refractivity contribution in [1.82, 2.24) is 20.2 Å². The number of hydrogen-bond acceptors (Lipinski definition) is 6. The molecule has 1 fully saturated rings. The quantitative estimate of drug-likeness (QED) is 0.221. The maximum Gasteiger partial charge on any atom is 0.433 e. The highest BCUT2D eigenvalue weighted by Gasteiger charge is 2.35. The second-order valence-corrected chi connectivity index (χ2v) is 10.9. The summed E-state index contributed by atoms with van der Waals surface area (Å²) < 4.78 is 111. The fourth-order valence-electron chi connectivity index (χ4n) is 5.08. The van der Waals surface area contributed by atoms with E-state index in [0.29, 0.717) is 5.56 Å².